The van der Waals surface area contributed by atoms with Crippen LogP contribution in [0.4, 0.5) is 23.2 Å². The predicted molar refractivity (Wildman–Crippen MR) is 238 cm³/mol. The smallest absolute Gasteiger partial charge is 0.419 e. The van der Waals surface area contributed by atoms with Gasteiger partial charge in [0.05, 0.1) is 34.3 Å². The van der Waals surface area contributed by atoms with Crippen LogP contribution in [0.25, 0.3) is 21.6 Å². The normalized spacial score (nSPS) is 20.8. The number of methoxy groups -OCH3 is 1. The Morgan fingerprint density at radius 1 is 1.11 bits per heavy atom. The fraction of sp³-hybridized carbons (Fsp3) is 0.489. The van der Waals surface area contributed by atoms with Gasteiger partial charge in [-0.15, -0.1) is 17.9 Å². The van der Waals surface area contributed by atoms with Crippen molar-refractivity contribution in [3.63, 3.8) is 0 Å². The molecular formula is C45H54F4N6O7S2. The summed E-state index contributed by atoms with van der Waals surface area (Å²) in [6.07, 6.45) is -1.80. The first kappa shape index (κ1) is 48.2. The highest BCUT2D eigenvalue weighted by molar-refractivity contribution is 7.91. The third-order valence-corrected chi connectivity index (χ3v) is 15.2. The first-order chi connectivity index (χ1) is 29.8. The number of carbonyl (C=O) groups excluding carboxylic acids is 3. The fourth-order valence-electron chi connectivity index (χ4n) is 7.68. The zero-order valence-corrected chi connectivity index (χ0v) is 38.6. The number of halogens is 4. The van der Waals surface area contributed by atoms with Crippen LogP contribution in [0.5, 0.6) is 5.75 Å². The maximum absolute atomic E-state index is 13.8. The minimum absolute atomic E-state index is 0.00389. The van der Waals surface area contributed by atoms with E-state index in [4.69, 9.17) is 4.74 Å². The van der Waals surface area contributed by atoms with Gasteiger partial charge >= 0.3 is 6.18 Å². The van der Waals surface area contributed by atoms with Crippen molar-refractivity contribution in [2.45, 2.75) is 115 Å². The van der Waals surface area contributed by atoms with E-state index in [1.54, 1.807) is 51.4 Å². The number of nitrogens with zero attached hydrogens (tertiary/aromatic N) is 2. The summed E-state index contributed by atoms with van der Waals surface area (Å²) in [5, 5.41) is 9.03. The lowest BCUT2D eigenvalue weighted by atomic mass is 9.85. The SMILES string of the molecule is C=CC1C[C@]1(NC(=O)C1CCCN1C(=O)C(Nc1ccc(F)c(C(F)(F)F)c1)C(C)(C)C)C(=O)NS(=O)(=O)C1(C)CC1.COc1ccc2c(=O)cc(-c3nc(C(C)C)cs3)[nH]c2c1C. The molecule has 346 valence electrons. The standard InChI is InChI=1S/C28H36F4N4O5S.C17H18N2O2S/c1-6-16-15-27(16,24(39)35-42(40,41)26(5)11-12-26)34-22(37)20-8-7-13-36(20)23(38)21(25(2,3)4)33-17-9-10-19(29)18(14-17)28(30,31)32;1-9(2)13-8-22-17(19-13)12-7-14(20)11-5-6-15(21-4)10(3)16(11)18-12/h6,9-10,14,16,20-21,33H,1,7-8,11-13,15H2,2-5H3,(H,34,37)(H,35,39);5-9H,1-4H3,(H,18,20)/t16?,20?,21?,27-;/m1./s1. The van der Waals surface area contributed by atoms with Crippen molar-refractivity contribution < 1.29 is 45.1 Å². The molecule has 19 heteroatoms. The van der Waals surface area contributed by atoms with Crippen molar-refractivity contribution >= 4 is 55.7 Å². The first-order valence-corrected chi connectivity index (χ1v) is 23.2. The van der Waals surface area contributed by atoms with E-state index in [1.807, 2.05) is 18.4 Å². The summed E-state index contributed by atoms with van der Waals surface area (Å²) in [6, 6.07) is 5.51. The van der Waals surface area contributed by atoms with Crippen molar-refractivity contribution in [1.82, 2.24) is 24.9 Å². The molecule has 3 amide bonds. The average molecular weight is 931 g/mol. The van der Waals surface area contributed by atoms with E-state index >= 15 is 0 Å². The highest BCUT2D eigenvalue weighted by atomic mass is 32.2. The molecule has 13 nitrogen and oxygen atoms in total. The predicted octanol–water partition coefficient (Wildman–Crippen LogP) is 7.81. The lowest BCUT2D eigenvalue weighted by molar-refractivity contribution is -0.141. The van der Waals surface area contributed by atoms with Crippen molar-refractivity contribution in [2.24, 2.45) is 11.3 Å². The van der Waals surface area contributed by atoms with Crippen LogP contribution in [0, 0.1) is 24.1 Å². The second-order valence-electron chi connectivity index (χ2n) is 18.3. The Labute approximate surface area is 373 Å². The Kier molecular flexibility index (Phi) is 13.2. The van der Waals surface area contributed by atoms with E-state index in [9.17, 15) is 45.2 Å². The number of amides is 3. The van der Waals surface area contributed by atoms with E-state index < -0.39 is 79.0 Å². The average Bonchev–Trinajstić information content (AvgIpc) is 3.96. The second-order valence-corrected chi connectivity index (χ2v) is 21.4. The van der Waals surface area contributed by atoms with Gasteiger partial charge in [-0.3, -0.25) is 23.9 Å². The summed E-state index contributed by atoms with van der Waals surface area (Å²) in [5.74, 6) is -2.89. The maximum atomic E-state index is 13.8. The number of carbonyl (C=O) groups is 3. The first-order valence-electron chi connectivity index (χ1n) is 20.9. The highest BCUT2D eigenvalue weighted by Crippen LogP contribution is 2.47. The van der Waals surface area contributed by atoms with Crippen molar-refractivity contribution in [2.75, 3.05) is 19.0 Å². The van der Waals surface area contributed by atoms with Crippen molar-refractivity contribution in [3.8, 4) is 16.5 Å². The topological polar surface area (TPSA) is 180 Å². The Bertz CT molecular complexity index is 2650. The van der Waals surface area contributed by atoms with Crippen molar-refractivity contribution in [1.29, 1.82) is 0 Å². The molecule has 0 spiro atoms. The molecule has 3 aliphatic rings. The summed E-state index contributed by atoms with van der Waals surface area (Å²) in [5.41, 5.74) is -0.434. The molecule has 1 aliphatic heterocycles. The van der Waals surface area contributed by atoms with Crippen LogP contribution in [0.2, 0.25) is 0 Å². The summed E-state index contributed by atoms with van der Waals surface area (Å²) in [7, 11) is -2.33. The number of nitrogens with one attached hydrogen (secondary N) is 4. The van der Waals surface area contributed by atoms with Gasteiger partial charge in [0.25, 0.3) is 5.91 Å². The number of hydrogen-bond acceptors (Lipinski definition) is 10. The molecule has 3 unspecified atom stereocenters. The summed E-state index contributed by atoms with van der Waals surface area (Å²) in [6.45, 7) is 16.6. The highest BCUT2D eigenvalue weighted by Gasteiger charge is 2.62. The van der Waals surface area contributed by atoms with Gasteiger partial charge in [-0.2, -0.15) is 13.2 Å². The van der Waals surface area contributed by atoms with E-state index in [0.29, 0.717) is 42.7 Å². The minimum Gasteiger partial charge on any atom is -0.496 e. The summed E-state index contributed by atoms with van der Waals surface area (Å²) >= 11 is 1.55. The van der Waals surface area contributed by atoms with Gasteiger partial charge in [0.2, 0.25) is 21.8 Å². The van der Waals surface area contributed by atoms with Gasteiger partial charge in [-0.25, -0.2) is 17.8 Å². The van der Waals surface area contributed by atoms with Crippen LogP contribution in [-0.4, -0.2) is 77.0 Å². The molecule has 0 radical (unpaired) electrons. The summed E-state index contributed by atoms with van der Waals surface area (Å²) in [4.78, 5) is 62.2. The zero-order chi connectivity index (χ0) is 47.3. The van der Waals surface area contributed by atoms with Gasteiger partial charge in [0.15, 0.2) is 5.43 Å². The molecule has 64 heavy (non-hydrogen) atoms. The van der Waals surface area contributed by atoms with E-state index in [1.165, 1.54) is 17.9 Å². The molecule has 2 aromatic heterocycles. The molecule has 0 bridgehead atoms. The number of hydrogen-bond donors (Lipinski definition) is 4. The molecule has 3 fully saturated rings. The lowest BCUT2D eigenvalue weighted by Crippen LogP contribution is -2.59. The van der Waals surface area contributed by atoms with E-state index in [-0.39, 0.29) is 30.5 Å². The number of ether oxygens (including phenoxy) is 1. The van der Waals surface area contributed by atoms with Crippen LogP contribution >= 0.6 is 11.3 Å². The van der Waals surface area contributed by atoms with Crippen LogP contribution < -0.4 is 25.5 Å². The molecule has 1 saturated heterocycles. The van der Waals surface area contributed by atoms with E-state index in [0.717, 1.165) is 39.3 Å². The zero-order valence-electron chi connectivity index (χ0n) is 37.0. The molecular weight excluding hydrogens is 877 g/mol. The van der Waals surface area contributed by atoms with Crippen molar-refractivity contribution in [3.05, 3.63) is 87.3 Å². The lowest BCUT2D eigenvalue weighted by Gasteiger charge is -2.36. The number of likely N-dealkylation sites (tertiary alicyclic amines) is 1. The number of anilines is 1. The number of pyridine rings is 1. The number of aromatic amines is 1. The maximum Gasteiger partial charge on any atom is 0.419 e. The monoisotopic (exact) mass is 930 g/mol. The molecule has 2 saturated carbocycles. The number of aryl methyl sites for hydroxylation is 1. The van der Waals surface area contributed by atoms with Gasteiger partial charge in [-0.1, -0.05) is 40.7 Å². The quantitative estimate of drug-likeness (QED) is 0.0815. The number of fused-ring (bicyclic) bond motifs is 1. The molecule has 2 aliphatic carbocycles. The number of rotatable bonds is 12. The van der Waals surface area contributed by atoms with Crippen LogP contribution in [0.3, 0.4) is 0 Å². The van der Waals surface area contributed by atoms with Gasteiger partial charge < -0.3 is 25.3 Å². The Hall–Kier alpha value is -5.30. The van der Waals surface area contributed by atoms with Gasteiger partial charge in [-0.05, 0) is 87.6 Å². The number of H-pyrrole nitrogens is 1. The Morgan fingerprint density at radius 3 is 2.36 bits per heavy atom. The fourth-order valence-corrected chi connectivity index (χ4v) is 9.95. The number of thiazole rings is 1. The largest absolute Gasteiger partial charge is 0.496 e. The van der Waals surface area contributed by atoms with Gasteiger partial charge in [0.1, 0.15) is 34.2 Å². The number of aromatic nitrogens is 2. The molecule has 2 aromatic carbocycles. The molecule has 3 heterocycles. The third-order valence-electron chi connectivity index (χ3n) is 12.2. The third kappa shape index (κ3) is 9.70. The number of benzene rings is 2. The van der Waals surface area contributed by atoms with Crippen LogP contribution in [0.15, 0.2) is 59.2 Å². The van der Waals surface area contributed by atoms with E-state index in [2.05, 4.69) is 45.8 Å². The Balaban J connectivity index is 0.000000258. The molecule has 4 N–H and O–H groups in total. The van der Waals surface area contributed by atoms with Crippen LogP contribution in [-0.2, 0) is 30.6 Å². The molecule has 4 aromatic rings. The number of sulfonamides is 1. The second kappa shape index (κ2) is 17.6. The minimum atomic E-state index is -4.94. The molecule has 7 rings (SSSR count). The Morgan fingerprint density at radius 2 is 1.80 bits per heavy atom. The van der Waals surface area contributed by atoms with Gasteiger partial charge in [0, 0.05) is 40.5 Å². The summed E-state index contributed by atoms with van der Waals surface area (Å²) < 4.78 is 85.5. The number of alkyl halides is 3. The molecule has 4 atom stereocenters. The van der Waals surface area contributed by atoms with Crippen LogP contribution in [0.1, 0.15) is 96.4 Å².